The van der Waals surface area contributed by atoms with E-state index in [-0.39, 0.29) is 0 Å². The first kappa shape index (κ1) is 11.2. The highest BCUT2D eigenvalue weighted by molar-refractivity contribution is 5.73. The molecule has 0 radical (unpaired) electrons. The van der Waals surface area contributed by atoms with Crippen LogP contribution in [0.5, 0.6) is 5.75 Å². The molecule has 1 aromatic carbocycles. The van der Waals surface area contributed by atoms with Crippen molar-refractivity contribution in [1.82, 2.24) is 4.90 Å². The van der Waals surface area contributed by atoms with Gasteiger partial charge in [-0.25, -0.2) is 0 Å². The maximum atomic E-state index is 5.25. The van der Waals surface area contributed by atoms with Crippen molar-refractivity contribution in [3.63, 3.8) is 0 Å². The zero-order chi connectivity index (χ0) is 11.5. The minimum Gasteiger partial charge on any atom is -0.497 e. The van der Waals surface area contributed by atoms with Crippen LogP contribution in [0.1, 0.15) is 17.5 Å². The van der Waals surface area contributed by atoms with Crippen LogP contribution in [0.2, 0.25) is 0 Å². The van der Waals surface area contributed by atoms with Gasteiger partial charge >= 0.3 is 0 Å². The number of allylic oxidation sites excluding steroid dienone is 1. The molecule has 16 heavy (non-hydrogen) atoms. The van der Waals surface area contributed by atoms with Gasteiger partial charge in [-0.2, -0.15) is 0 Å². The minimum atomic E-state index is 0.965. The Balaban J connectivity index is 2.23. The second-order valence-corrected chi connectivity index (χ2v) is 4.51. The third-order valence-corrected chi connectivity index (χ3v) is 3.02. The molecule has 0 atom stereocenters. The smallest absolute Gasteiger partial charge is 0.119 e. The van der Waals surface area contributed by atoms with Crippen LogP contribution in [-0.4, -0.2) is 32.6 Å². The number of methoxy groups -OCH3 is 1. The first-order valence-electron chi connectivity index (χ1n) is 5.72. The van der Waals surface area contributed by atoms with Gasteiger partial charge in [-0.3, -0.25) is 0 Å². The Labute approximate surface area is 97.5 Å². The lowest BCUT2D eigenvalue weighted by molar-refractivity contribution is 0.414. The van der Waals surface area contributed by atoms with Crippen LogP contribution < -0.4 is 4.74 Å². The van der Waals surface area contributed by atoms with E-state index < -0.39 is 0 Å². The Hall–Kier alpha value is -1.28. The highest BCUT2D eigenvalue weighted by Crippen LogP contribution is 2.34. The average Bonchev–Trinajstić information content (AvgIpc) is 2.68. The maximum Gasteiger partial charge on any atom is 0.119 e. The summed E-state index contributed by atoms with van der Waals surface area (Å²) in [5.41, 5.74) is 4.30. The van der Waals surface area contributed by atoms with Crippen molar-refractivity contribution < 1.29 is 4.74 Å². The molecule has 0 fully saturated rings. The van der Waals surface area contributed by atoms with Gasteiger partial charge in [-0.05, 0) is 55.8 Å². The van der Waals surface area contributed by atoms with Crippen LogP contribution in [0.15, 0.2) is 24.3 Å². The van der Waals surface area contributed by atoms with Crippen LogP contribution in [0, 0.1) is 0 Å². The summed E-state index contributed by atoms with van der Waals surface area (Å²) >= 11 is 0. The van der Waals surface area contributed by atoms with Crippen molar-refractivity contribution in [2.75, 3.05) is 27.7 Å². The lowest BCUT2D eigenvalue weighted by atomic mass is 10.1. The van der Waals surface area contributed by atoms with Crippen LogP contribution in [0.25, 0.3) is 5.57 Å². The Morgan fingerprint density at radius 2 is 2.12 bits per heavy atom. The van der Waals surface area contributed by atoms with Crippen molar-refractivity contribution in [3.05, 3.63) is 35.4 Å². The molecule has 0 N–H and O–H groups in total. The number of benzene rings is 1. The van der Waals surface area contributed by atoms with Crippen molar-refractivity contribution in [1.29, 1.82) is 0 Å². The molecule has 0 bridgehead atoms. The number of rotatable bonds is 3. The van der Waals surface area contributed by atoms with Gasteiger partial charge in [-0.1, -0.05) is 12.1 Å². The van der Waals surface area contributed by atoms with Crippen LogP contribution in [0.4, 0.5) is 0 Å². The number of aryl methyl sites for hydroxylation is 1. The molecule has 0 spiro atoms. The summed E-state index contributed by atoms with van der Waals surface area (Å²) in [5, 5.41) is 0. The van der Waals surface area contributed by atoms with E-state index >= 15 is 0 Å². The van der Waals surface area contributed by atoms with Crippen molar-refractivity contribution >= 4 is 5.57 Å². The van der Waals surface area contributed by atoms with Gasteiger partial charge in [-0.15, -0.1) is 0 Å². The first-order chi connectivity index (χ1) is 7.70. The molecule has 1 aliphatic carbocycles. The van der Waals surface area contributed by atoms with Crippen LogP contribution >= 0.6 is 0 Å². The predicted octanol–water partition coefficient (Wildman–Crippen LogP) is 2.59. The van der Waals surface area contributed by atoms with Gasteiger partial charge in [0.15, 0.2) is 0 Å². The summed E-state index contributed by atoms with van der Waals surface area (Å²) in [5.74, 6) is 0.965. The molecule has 0 unspecified atom stereocenters. The van der Waals surface area contributed by atoms with E-state index in [1.165, 1.54) is 16.7 Å². The standard InChI is InChI=1S/C14H19NO/c1-15(2)9-8-11-4-5-12-10-13(16-3)6-7-14(11)12/h6-8,10H,4-5,9H2,1-3H3/b11-8+. The maximum absolute atomic E-state index is 5.25. The van der Waals surface area contributed by atoms with Gasteiger partial charge in [0.05, 0.1) is 7.11 Å². The van der Waals surface area contributed by atoms with E-state index in [0.29, 0.717) is 0 Å². The quantitative estimate of drug-likeness (QED) is 0.771. The molecule has 0 amide bonds. The predicted molar refractivity (Wildman–Crippen MR) is 67.8 cm³/mol. The summed E-state index contributed by atoms with van der Waals surface area (Å²) in [6.45, 7) is 1.01. The monoisotopic (exact) mass is 217 g/mol. The largest absolute Gasteiger partial charge is 0.497 e. The fraction of sp³-hybridized carbons (Fsp3) is 0.429. The van der Waals surface area contributed by atoms with Crippen molar-refractivity contribution in [2.45, 2.75) is 12.8 Å². The summed E-state index contributed by atoms with van der Waals surface area (Å²) in [4.78, 5) is 2.19. The molecule has 0 aromatic heterocycles. The zero-order valence-electron chi connectivity index (χ0n) is 10.3. The summed E-state index contributed by atoms with van der Waals surface area (Å²) in [7, 11) is 5.92. The highest BCUT2D eigenvalue weighted by Gasteiger charge is 2.16. The number of hydrogen-bond donors (Lipinski definition) is 0. The van der Waals surface area contributed by atoms with Gasteiger partial charge in [0.2, 0.25) is 0 Å². The fourth-order valence-corrected chi connectivity index (χ4v) is 2.13. The SMILES string of the molecule is COc1ccc2c(c1)CC/C2=C\CN(C)C. The summed E-state index contributed by atoms with van der Waals surface area (Å²) < 4.78 is 5.25. The zero-order valence-corrected chi connectivity index (χ0v) is 10.3. The van der Waals surface area contributed by atoms with Gasteiger partial charge in [0.1, 0.15) is 5.75 Å². The fourth-order valence-electron chi connectivity index (χ4n) is 2.13. The number of nitrogens with zero attached hydrogens (tertiary/aromatic N) is 1. The number of fused-ring (bicyclic) bond motifs is 1. The number of ether oxygens (including phenoxy) is 1. The lowest BCUT2D eigenvalue weighted by Crippen LogP contribution is -2.10. The Morgan fingerprint density at radius 1 is 1.31 bits per heavy atom. The lowest BCUT2D eigenvalue weighted by Gasteiger charge is -2.07. The van der Waals surface area contributed by atoms with Crippen molar-refractivity contribution in [3.8, 4) is 5.75 Å². The molecule has 1 aliphatic rings. The Morgan fingerprint density at radius 3 is 2.81 bits per heavy atom. The second-order valence-electron chi connectivity index (χ2n) is 4.51. The van der Waals surface area contributed by atoms with E-state index in [4.69, 9.17) is 4.74 Å². The molecule has 0 saturated heterocycles. The first-order valence-corrected chi connectivity index (χ1v) is 5.72. The Kier molecular flexibility index (Phi) is 3.30. The number of hydrogen-bond acceptors (Lipinski definition) is 2. The van der Waals surface area contributed by atoms with Crippen LogP contribution in [-0.2, 0) is 6.42 Å². The molecule has 1 aromatic rings. The summed E-state index contributed by atoms with van der Waals surface area (Å²) in [6.07, 6.45) is 4.64. The second kappa shape index (κ2) is 4.71. The van der Waals surface area contributed by atoms with Gasteiger partial charge < -0.3 is 9.64 Å². The Bertz CT molecular complexity index is 407. The molecule has 0 heterocycles. The topological polar surface area (TPSA) is 12.5 Å². The average molecular weight is 217 g/mol. The van der Waals surface area contributed by atoms with Gasteiger partial charge in [0, 0.05) is 6.54 Å². The third kappa shape index (κ3) is 2.27. The van der Waals surface area contributed by atoms with Crippen LogP contribution in [0.3, 0.4) is 0 Å². The summed E-state index contributed by atoms with van der Waals surface area (Å²) in [6, 6.07) is 6.39. The highest BCUT2D eigenvalue weighted by atomic mass is 16.5. The van der Waals surface area contributed by atoms with Gasteiger partial charge in [0.25, 0.3) is 0 Å². The molecular formula is C14H19NO. The normalized spacial score (nSPS) is 16.9. The van der Waals surface area contributed by atoms with Crippen molar-refractivity contribution in [2.24, 2.45) is 0 Å². The third-order valence-electron chi connectivity index (χ3n) is 3.02. The molecule has 2 rings (SSSR count). The van der Waals surface area contributed by atoms with E-state index in [0.717, 1.165) is 25.1 Å². The molecule has 86 valence electrons. The number of likely N-dealkylation sites (N-methyl/N-ethyl adjacent to an activating group) is 1. The molecule has 2 nitrogen and oxygen atoms in total. The van der Waals surface area contributed by atoms with E-state index in [1.54, 1.807) is 7.11 Å². The molecular weight excluding hydrogens is 198 g/mol. The van der Waals surface area contributed by atoms with E-state index in [1.807, 2.05) is 6.07 Å². The van der Waals surface area contributed by atoms with E-state index in [2.05, 4.69) is 37.2 Å². The van der Waals surface area contributed by atoms with E-state index in [9.17, 15) is 0 Å². The minimum absolute atomic E-state index is 0.965. The molecule has 0 aliphatic heterocycles. The molecule has 2 heteroatoms. The molecule has 0 saturated carbocycles.